The molecule has 0 fully saturated rings. The largest absolute Gasteiger partial charge is 0.457 e. The van der Waals surface area contributed by atoms with Gasteiger partial charge in [-0.2, -0.15) is 0 Å². The second kappa shape index (κ2) is 7.80. The van der Waals surface area contributed by atoms with E-state index in [-0.39, 0.29) is 5.02 Å². The van der Waals surface area contributed by atoms with Crippen molar-refractivity contribution in [3.8, 4) is 11.5 Å². The fourth-order valence-corrected chi connectivity index (χ4v) is 3.61. The van der Waals surface area contributed by atoms with Crippen LogP contribution in [0.2, 0.25) is 10.0 Å². The number of para-hydroxylation sites is 1. The molecule has 2 heterocycles. The number of nitrogens with zero attached hydrogens (tertiary/aromatic N) is 1. The summed E-state index contributed by atoms with van der Waals surface area (Å²) in [5.74, 6) is 0.710. The van der Waals surface area contributed by atoms with E-state index in [4.69, 9.17) is 32.7 Å². The maximum atomic E-state index is 13.9. The zero-order valence-corrected chi connectivity index (χ0v) is 16.3. The first-order valence-corrected chi connectivity index (χ1v) is 9.20. The highest BCUT2D eigenvalue weighted by atomic mass is 35.5. The van der Waals surface area contributed by atoms with E-state index in [1.54, 1.807) is 25.4 Å². The molecule has 2 aromatic heterocycles. The average molecular weight is 417 g/mol. The predicted octanol–water partition coefficient (Wildman–Crippen LogP) is 6.54. The third kappa shape index (κ3) is 3.44. The minimum Gasteiger partial charge on any atom is -0.457 e. The van der Waals surface area contributed by atoms with Crippen LogP contribution < -0.4 is 4.74 Å². The van der Waals surface area contributed by atoms with Crippen molar-refractivity contribution in [2.75, 3.05) is 7.11 Å². The zero-order valence-electron chi connectivity index (χ0n) is 14.7. The van der Waals surface area contributed by atoms with Crippen LogP contribution in [-0.4, -0.2) is 17.1 Å². The van der Waals surface area contributed by atoms with Crippen LogP contribution in [-0.2, 0) is 4.74 Å². The molecule has 0 bridgehead atoms. The van der Waals surface area contributed by atoms with E-state index in [0.29, 0.717) is 38.7 Å². The van der Waals surface area contributed by atoms with Crippen molar-refractivity contribution in [2.45, 2.75) is 6.10 Å². The van der Waals surface area contributed by atoms with E-state index in [1.807, 2.05) is 36.4 Å². The van der Waals surface area contributed by atoms with Gasteiger partial charge in [-0.15, -0.1) is 0 Å². The van der Waals surface area contributed by atoms with Gasteiger partial charge in [-0.05, 0) is 24.3 Å². The van der Waals surface area contributed by atoms with Crippen molar-refractivity contribution in [3.63, 3.8) is 0 Å². The Hall–Kier alpha value is -2.60. The number of methoxy groups -OCH3 is 1. The van der Waals surface area contributed by atoms with Crippen LogP contribution in [0.4, 0.5) is 4.39 Å². The Morgan fingerprint density at radius 3 is 2.54 bits per heavy atom. The Morgan fingerprint density at radius 2 is 1.82 bits per heavy atom. The van der Waals surface area contributed by atoms with E-state index in [1.165, 1.54) is 0 Å². The highest BCUT2D eigenvalue weighted by Gasteiger charge is 2.23. The molecule has 2 aromatic carbocycles. The Labute approximate surface area is 170 Å². The molecule has 4 nitrogen and oxygen atoms in total. The summed E-state index contributed by atoms with van der Waals surface area (Å²) in [6, 6.07) is 14.7. The van der Waals surface area contributed by atoms with E-state index >= 15 is 0 Å². The number of hydrogen-bond donors (Lipinski definition) is 1. The Morgan fingerprint density at radius 1 is 1.04 bits per heavy atom. The second-order valence-corrected chi connectivity index (χ2v) is 6.89. The van der Waals surface area contributed by atoms with Gasteiger partial charge in [0.2, 0.25) is 0 Å². The molecule has 0 radical (unpaired) electrons. The quantitative estimate of drug-likeness (QED) is 0.401. The van der Waals surface area contributed by atoms with Crippen molar-refractivity contribution in [1.82, 2.24) is 9.97 Å². The number of nitrogens with one attached hydrogen (secondary N) is 1. The molecule has 28 heavy (non-hydrogen) atoms. The van der Waals surface area contributed by atoms with Gasteiger partial charge >= 0.3 is 0 Å². The summed E-state index contributed by atoms with van der Waals surface area (Å²) in [6.07, 6.45) is 2.21. The highest BCUT2D eigenvalue weighted by molar-refractivity contribution is 6.35. The van der Waals surface area contributed by atoms with E-state index in [2.05, 4.69) is 9.97 Å². The predicted molar refractivity (Wildman–Crippen MR) is 108 cm³/mol. The average Bonchev–Trinajstić information content (AvgIpc) is 3.12. The molecule has 0 aliphatic rings. The highest BCUT2D eigenvalue weighted by Crippen LogP contribution is 2.39. The standard InChI is InChI=1S/C21H15Cl2FN2O2/c1-27-20(15-10-25-21-18(15)19(23)17(24)11-26-21)14-8-7-13(9-16(14)22)28-12-5-3-2-4-6-12/h2-11,20H,1H3,(H,25,26). The van der Waals surface area contributed by atoms with Crippen LogP contribution in [0.5, 0.6) is 11.5 Å². The molecule has 4 rings (SSSR count). The molecule has 0 amide bonds. The number of benzene rings is 2. The van der Waals surface area contributed by atoms with Gasteiger partial charge in [0.15, 0.2) is 5.82 Å². The van der Waals surface area contributed by atoms with Gasteiger partial charge in [-0.1, -0.05) is 47.5 Å². The number of H-pyrrole nitrogens is 1. The van der Waals surface area contributed by atoms with Crippen molar-refractivity contribution < 1.29 is 13.9 Å². The zero-order chi connectivity index (χ0) is 19.7. The number of fused-ring (bicyclic) bond motifs is 1. The van der Waals surface area contributed by atoms with Crippen molar-refractivity contribution in [3.05, 3.63) is 87.9 Å². The molecule has 0 aliphatic heterocycles. The van der Waals surface area contributed by atoms with E-state index < -0.39 is 11.9 Å². The van der Waals surface area contributed by atoms with E-state index in [0.717, 1.165) is 6.20 Å². The third-order valence-electron chi connectivity index (χ3n) is 4.38. The molecule has 4 aromatic rings. The molecule has 0 saturated carbocycles. The van der Waals surface area contributed by atoms with Crippen LogP contribution in [0.25, 0.3) is 11.0 Å². The molecule has 142 valence electrons. The molecule has 1 atom stereocenters. The van der Waals surface area contributed by atoms with Gasteiger partial charge in [-0.3, -0.25) is 0 Å². The van der Waals surface area contributed by atoms with Crippen LogP contribution in [0.15, 0.2) is 60.9 Å². The number of rotatable bonds is 5. The topological polar surface area (TPSA) is 47.1 Å². The minimum atomic E-state index is -0.595. The molecule has 7 heteroatoms. The number of aromatic amines is 1. The lowest BCUT2D eigenvalue weighted by Gasteiger charge is -2.18. The van der Waals surface area contributed by atoms with Crippen LogP contribution >= 0.6 is 23.2 Å². The van der Waals surface area contributed by atoms with Gasteiger partial charge in [0.05, 0.1) is 16.2 Å². The molecule has 0 spiro atoms. The molecule has 0 aliphatic carbocycles. The Kier molecular flexibility index (Phi) is 5.22. The van der Waals surface area contributed by atoms with E-state index in [9.17, 15) is 4.39 Å². The minimum absolute atomic E-state index is 0.0107. The lowest BCUT2D eigenvalue weighted by molar-refractivity contribution is 0.137. The summed E-state index contributed by atoms with van der Waals surface area (Å²) in [4.78, 5) is 7.03. The summed E-state index contributed by atoms with van der Waals surface area (Å²) in [7, 11) is 1.55. The molecule has 1 unspecified atom stereocenters. The smallest absolute Gasteiger partial charge is 0.160 e. The molecular weight excluding hydrogens is 402 g/mol. The first kappa shape index (κ1) is 18.7. The normalized spacial score (nSPS) is 12.3. The summed E-state index contributed by atoms with van der Waals surface area (Å²) in [6.45, 7) is 0. The second-order valence-electron chi connectivity index (χ2n) is 6.10. The van der Waals surface area contributed by atoms with Gasteiger partial charge in [0.1, 0.15) is 23.3 Å². The van der Waals surface area contributed by atoms with Crippen LogP contribution in [0.1, 0.15) is 17.2 Å². The van der Waals surface area contributed by atoms with Crippen molar-refractivity contribution in [2.24, 2.45) is 0 Å². The maximum Gasteiger partial charge on any atom is 0.160 e. The number of pyridine rings is 1. The number of aromatic nitrogens is 2. The van der Waals surface area contributed by atoms with Crippen molar-refractivity contribution in [1.29, 1.82) is 0 Å². The lowest BCUT2D eigenvalue weighted by atomic mass is 10.0. The SMILES string of the molecule is COC(c1ccc(Oc2ccccc2)cc1Cl)c1c[nH]c2ncc(F)c(Cl)c12. The number of ether oxygens (including phenoxy) is 2. The fourth-order valence-electron chi connectivity index (χ4n) is 3.09. The van der Waals surface area contributed by atoms with Crippen molar-refractivity contribution >= 4 is 34.2 Å². The monoisotopic (exact) mass is 416 g/mol. The number of hydrogen-bond acceptors (Lipinski definition) is 3. The molecule has 1 N–H and O–H groups in total. The van der Waals surface area contributed by atoms with Gasteiger partial charge < -0.3 is 14.5 Å². The number of halogens is 3. The summed E-state index contributed by atoms with van der Waals surface area (Å²) >= 11 is 12.7. The maximum absolute atomic E-state index is 13.9. The third-order valence-corrected chi connectivity index (χ3v) is 5.07. The fraction of sp³-hybridized carbons (Fsp3) is 0.0952. The van der Waals surface area contributed by atoms with Gasteiger partial charge in [-0.25, -0.2) is 9.37 Å². The lowest BCUT2D eigenvalue weighted by Crippen LogP contribution is -2.04. The first-order chi connectivity index (χ1) is 13.6. The Balaban J connectivity index is 1.72. The van der Waals surface area contributed by atoms with Gasteiger partial charge in [0, 0.05) is 29.8 Å². The van der Waals surface area contributed by atoms with Crippen LogP contribution in [0.3, 0.4) is 0 Å². The summed E-state index contributed by atoms with van der Waals surface area (Å²) in [5, 5.41) is 0.910. The molecule has 0 saturated heterocycles. The molecular formula is C21H15Cl2FN2O2. The Bertz CT molecular complexity index is 1130. The summed E-state index contributed by atoms with van der Waals surface area (Å²) in [5.41, 5.74) is 1.82. The first-order valence-electron chi connectivity index (χ1n) is 8.44. The van der Waals surface area contributed by atoms with Gasteiger partial charge in [0.25, 0.3) is 0 Å². The van der Waals surface area contributed by atoms with Crippen LogP contribution in [0, 0.1) is 5.82 Å². The summed E-state index contributed by atoms with van der Waals surface area (Å²) < 4.78 is 25.4.